The van der Waals surface area contributed by atoms with Gasteiger partial charge in [0.2, 0.25) is 5.91 Å². The molecule has 1 saturated heterocycles. The van der Waals surface area contributed by atoms with Crippen molar-refractivity contribution in [3.8, 4) is 5.75 Å². The number of β-lactam (4-membered cyclic amide) rings is 1. The molecule has 0 spiro atoms. The second-order valence-corrected chi connectivity index (χ2v) is 10.0. The molecule has 1 heterocycles. The molecule has 1 aliphatic carbocycles. The summed E-state index contributed by atoms with van der Waals surface area (Å²) in [5.74, 6) is -1.06. The van der Waals surface area contributed by atoms with Gasteiger partial charge in [-0.2, -0.15) is 0 Å². The molecule has 6 nitrogen and oxygen atoms in total. The maximum atomic E-state index is 13.5. The van der Waals surface area contributed by atoms with Crippen LogP contribution in [0.4, 0.5) is 10.1 Å². The number of carboxylic acid groups (broad SMARTS) is 1. The van der Waals surface area contributed by atoms with Gasteiger partial charge in [0.25, 0.3) is 0 Å². The van der Waals surface area contributed by atoms with Crippen LogP contribution in [0.1, 0.15) is 39.5 Å². The van der Waals surface area contributed by atoms with Crippen molar-refractivity contribution in [2.45, 2.75) is 30.6 Å². The van der Waals surface area contributed by atoms with E-state index in [-0.39, 0.29) is 23.5 Å². The molecule has 0 aromatic heterocycles. The monoisotopic (exact) mass is 505 g/mol. The largest absolute Gasteiger partial charge is 0.482 e. The summed E-state index contributed by atoms with van der Waals surface area (Å²) >= 11 is 1.31. The summed E-state index contributed by atoms with van der Waals surface area (Å²) in [4.78, 5) is 38.5. The Morgan fingerprint density at radius 2 is 1.72 bits per heavy atom. The van der Waals surface area contributed by atoms with Crippen LogP contribution in [0.25, 0.3) is 0 Å². The quantitative estimate of drug-likeness (QED) is 0.331. The fraction of sp³-hybridized carbons (Fsp3) is 0.250. The number of aryl methyl sites for hydroxylation is 2. The van der Waals surface area contributed by atoms with Gasteiger partial charge >= 0.3 is 5.97 Å². The molecule has 3 aromatic carbocycles. The molecule has 3 aromatic rings. The SMILES string of the molecule is O=C(O)COc1ccc([C@@H]2[C@@H](SCC(=O)c3ccc4c(c3)CCC4)C(=O)N2c2ccc(F)cc2)cc1. The van der Waals surface area contributed by atoms with Gasteiger partial charge in [-0.3, -0.25) is 9.59 Å². The number of ether oxygens (including phenoxy) is 1. The minimum atomic E-state index is -1.07. The Balaban J connectivity index is 1.34. The fourth-order valence-electron chi connectivity index (χ4n) is 4.74. The predicted octanol–water partition coefficient (Wildman–Crippen LogP) is 4.85. The van der Waals surface area contributed by atoms with E-state index in [1.165, 1.54) is 35.0 Å². The molecule has 8 heteroatoms. The van der Waals surface area contributed by atoms with E-state index >= 15 is 0 Å². The van der Waals surface area contributed by atoms with E-state index < -0.39 is 23.6 Å². The summed E-state index contributed by atoms with van der Waals surface area (Å²) in [5.41, 5.74) is 4.58. The van der Waals surface area contributed by atoms with Crippen molar-refractivity contribution in [3.05, 3.63) is 94.8 Å². The molecule has 0 bridgehead atoms. The van der Waals surface area contributed by atoms with Gasteiger partial charge in [0, 0.05) is 11.3 Å². The van der Waals surface area contributed by atoms with Crippen LogP contribution in [0.5, 0.6) is 5.75 Å². The summed E-state index contributed by atoms with van der Waals surface area (Å²) in [7, 11) is 0. The molecule has 1 fully saturated rings. The third kappa shape index (κ3) is 4.86. The molecule has 36 heavy (non-hydrogen) atoms. The maximum absolute atomic E-state index is 13.5. The zero-order chi connectivity index (χ0) is 25.2. The number of hydrogen-bond donors (Lipinski definition) is 1. The van der Waals surface area contributed by atoms with E-state index in [1.807, 2.05) is 18.2 Å². The number of fused-ring (bicyclic) bond motifs is 1. The number of carbonyl (C=O) groups excluding carboxylic acids is 2. The van der Waals surface area contributed by atoms with Gasteiger partial charge in [-0.15, -0.1) is 11.8 Å². The predicted molar refractivity (Wildman–Crippen MR) is 135 cm³/mol. The Morgan fingerprint density at radius 1 is 1.00 bits per heavy atom. The molecular weight excluding hydrogens is 481 g/mol. The first-order valence-corrected chi connectivity index (χ1v) is 12.8. The Kier molecular flexibility index (Phi) is 6.78. The van der Waals surface area contributed by atoms with Crippen molar-refractivity contribution in [2.24, 2.45) is 0 Å². The third-order valence-electron chi connectivity index (χ3n) is 6.55. The lowest BCUT2D eigenvalue weighted by Crippen LogP contribution is -2.57. The van der Waals surface area contributed by atoms with Gasteiger partial charge in [-0.05, 0) is 78.4 Å². The number of halogens is 1. The highest BCUT2D eigenvalue weighted by molar-refractivity contribution is 8.01. The van der Waals surface area contributed by atoms with E-state index in [0.717, 1.165) is 24.8 Å². The number of thioether (sulfide) groups is 1. The van der Waals surface area contributed by atoms with Gasteiger partial charge in [0.05, 0.1) is 11.8 Å². The Bertz CT molecular complexity index is 1310. The van der Waals surface area contributed by atoms with Gasteiger partial charge in [-0.25, -0.2) is 9.18 Å². The first-order valence-electron chi connectivity index (χ1n) is 11.7. The number of amides is 1. The van der Waals surface area contributed by atoms with Gasteiger partial charge in [0.15, 0.2) is 12.4 Å². The zero-order valence-corrected chi connectivity index (χ0v) is 20.2. The third-order valence-corrected chi connectivity index (χ3v) is 7.80. The minimum absolute atomic E-state index is 0.0149. The summed E-state index contributed by atoms with van der Waals surface area (Å²) in [5, 5.41) is 8.33. The first kappa shape index (κ1) is 24.1. The van der Waals surface area contributed by atoms with Crippen LogP contribution in [-0.2, 0) is 22.4 Å². The first-order chi connectivity index (χ1) is 17.4. The molecule has 184 valence electrons. The van der Waals surface area contributed by atoms with Crippen LogP contribution in [0, 0.1) is 5.82 Å². The van der Waals surface area contributed by atoms with Crippen LogP contribution in [-0.4, -0.2) is 40.4 Å². The molecular formula is C28H24FNO5S. The summed E-state index contributed by atoms with van der Waals surface area (Å²) in [6.45, 7) is -0.452. The number of aliphatic carboxylic acids is 1. The number of carboxylic acids is 1. The lowest BCUT2D eigenvalue weighted by atomic mass is 9.92. The number of nitrogens with zero attached hydrogens (tertiary/aromatic N) is 1. The molecule has 0 radical (unpaired) electrons. The molecule has 1 amide bonds. The van der Waals surface area contributed by atoms with Crippen LogP contribution >= 0.6 is 11.8 Å². The maximum Gasteiger partial charge on any atom is 0.341 e. The number of ketones is 1. The van der Waals surface area contributed by atoms with Gasteiger partial charge in [0.1, 0.15) is 16.8 Å². The molecule has 2 aliphatic rings. The Hall–Kier alpha value is -3.65. The molecule has 2 atom stereocenters. The standard InChI is InChI=1S/C28H24FNO5S/c29-21-8-10-22(11-9-21)30-26(18-6-12-23(13-7-18)35-15-25(32)33)27(28(30)34)36-16-24(31)20-5-4-17-2-1-3-19(17)14-20/h4-14,26-27H,1-3,15-16H2,(H,32,33)/t26-,27-/m1/s1. The number of anilines is 1. The van der Waals surface area contributed by atoms with Crippen LogP contribution < -0.4 is 9.64 Å². The summed E-state index contributed by atoms with van der Waals surface area (Å²) in [6, 6.07) is 18.1. The van der Waals surface area contributed by atoms with Crippen molar-refractivity contribution in [2.75, 3.05) is 17.3 Å². The number of carbonyl (C=O) groups is 3. The molecule has 1 N–H and O–H groups in total. The van der Waals surface area contributed by atoms with Crippen LogP contribution in [0.15, 0.2) is 66.7 Å². The van der Waals surface area contributed by atoms with Crippen molar-refractivity contribution in [3.63, 3.8) is 0 Å². The van der Waals surface area contributed by atoms with E-state index in [1.54, 1.807) is 41.3 Å². The minimum Gasteiger partial charge on any atom is -0.482 e. The lowest BCUT2D eigenvalue weighted by molar-refractivity contribution is -0.139. The van der Waals surface area contributed by atoms with Crippen LogP contribution in [0.2, 0.25) is 0 Å². The van der Waals surface area contributed by atoms with Gasteiger partial charge in [-0.1, -0.05) is 24.3 Å². The van der Waals surface area contributed by atoms with Crippen molar-refractivity contribution < 1.29 is 28.6 Å². The second-order valence-electron chi connectivity index (χ2n) is 8.87. The summed E-state index contributed by atoms with van der Waals surface area (Å²) < 4.78 is 18.7. The van der Waals surface area contributed by atoms with E-state index in [2.05, 4.69) is 0 Å². The molecule has 0 saturated carbocycles. The Morgan fingerprint density at radius 3 is 2.44 bits per heavy atom. The molecule has 0 unspecified atom stereocenters. The Labute approximate surface area is 212 Å². The smallest absolute Gasteiger partial charge is 0.341 e. The van der Waals surface area contributed by atoms with E-state index in [9.17, 15) is 18.8 Å². The van der Waals surface area contributed by atoms with E-state index in [0.29, 0.717) is 17.0 Å². The average molecular weight is 506 g/mol. The highest BCUT2D eigenvalue weighted by Crippen LogP contribution is 2.45. The number of benzene rings is 3. The van der Waals surface area contributed by atoms with Crippen molar-refractivity contribution in [1.29, 1.82) is 0 Å². The van der Waals surface area contributed by atoms with Crippen LogP contribution in [0.3, 0.4) is 0 Å². The number of Topliss-reactive ketones (excluding diaryl/α,β-unsaturated/α-hetero) is 1. The number of rotatable bonds is 9. The fourth-order valence-corrected chi connectivity index (χ4v) is 5.95. The zero-order valence-electron chi connectivity index (χ0n) is 19.4. The van der Waals surface area contributed by atoms with Gasteiger partial charge < -0.3 is 14.7 Å². The van der Waals surface area contributed by atoms with Crippen molar-refractivity contribution in [1.82, 2.24) is 0 Å². The van der Waals surface area contributed by atoms with E-state index in [4.69, 9.17) is 9.84 Å². The highest BCUT2D eigenvalue weighted by atomic mass is 32.2. The lowest BCUT2D eigenvalue weighted by Gasteiger charge is -2.47. The second kappa shape index (κ2) is 10.1. The topological polar surface area (TPSA) is 83.9 Å². The highest BCUT2D eigenvalue weighted by Gasteiger charge is 2.49. The normalized spacial score (nSPS) is 18.5. The summed E-state index contributed by atoms with van der Waals surface area (Å²) in [6.07, 6.45) is 3.15. The van der Waals surface area contributed by atoms with Crippen molar-refractivity contribution >= 4 is 35.1 Å². The molecule has 1 aliphatic heterocycles. The molecule has 5 rings (SSSR count). The number of hydrogen-bond acceptors (Lipinski definition) is 5. The average Bonchev–Trinajstić information content (AvgIpc) is 3.35.